The van der Waals surface area contributed by atoms with Crippen LogP contribution in [0.4, 0.5) is 0 Å². The fourth-order valence-electron chi connectivity index (χ4n) is 8.31. The van der Waals surface area contributed by atoms with Crippen LogP contribution in [0.15, 0.2) is 85.1 Å². The zero-order valence-electron chi connectivity index (χ0n) is 44.7. The average Bonchev–Trinajstić information content (AvgIpc) is 3.33. The first-order chi connectivity index (χ1) is 33.5. The van der Waals surface area contributed by atoms with Gasteiger partial charge in [-0.15, -0.1) is 0 Å². The number of hydrogen-bond donors (Lipinski definition) is 3. The number of ether oxygens (including phenoxy) is 1. The summed E-state index contributed by atoms with van der Waals surface area (Å²) < 4.78 is 5.93. The molecule has 68 heavy (non-hydrogen) atoms. The summed E-state index contributed by atoms with van der Waals surface area (Å²) in [7, 11) is 0. The van der Waals surface area contributed by atoms with Gasteiger partial charge in [-0.1, -0.05) is 241 Å². The van der Waals surface area contributed by atoms with E-state index >= 15 is 0 Å². The number of esters is 1. The number of aliphatic hydroxyl groups is 2. The third-order valence-corrected chi connectivity index (χ3v) is 12.7. The van der Waals surface area contributed by atoms with Gasteiger partial charge in [0.1, 0.15) is 6.10 Å². The molecule has 0 radical (unpaired) electrons. The summed E-state index contributed by atoms with van der Waals surface area (Å²) in [6.45, 7) is 6.42. The minimum absolute atomic E-state index is 0.0313. The molecule has 1 amide bonds. The van der Waals surface area contributed by atoms with E-state index in [2.05, 4.69) is 111 Å². The van der Waals surface area contributed by atoms with Crippen molar-refractivity contribution in [1.82, 2.24) is 5.32 Å². The summed E-state index contributed by atoms with van der Waals surface area (Å²) in [5.41, 5.74) is 0. The summed E-state index contributed by atoms with van der Waals surface area (Å²) in [4.78, 5) is 26.3. The maximum Gasteiger partial charge on any atom is 0.306 e. The van der Waals surface area contributed by atoms with Crippen molar-refractivity contribution in [1.29, 1.82) is 0 Å². The first-order valence-corrected chi connectivity index (χ1v) is 28.8. The van der Waals surface area contributed by atoms with Crippen LogP contribution in [0.3, 0.4) is 0 Å². The van der Waals surface area contributed by atoms with Crippen molar-refractivity contribution < 1.29 is 24.5 Å². The average molecular weight is 949 g/mol. The summed E-state index contributed by atoms with van der Waals surface area (Å²) in [5, 5.41) is 23.8. The fourth-order valence-corrected chi connectivity index (χ4v) is 8.31. The number of nitrogens with one attached hydrogen (secondary N) is 1. The van der Waals surface area contributed by atoms with Crippen LogP contribution in [-0.2, 0) is 14.3 Å². The van der Waals surface area contributed by atoms with Gasteiger partial charge in [-0.2, -0.15) is 0 Å². The molecule has 3 atom stereocenters. The van der Waals surface area contributed by atoms with Crippen molar-refractivity contribution in [3.63, 3.8) is 0 Å². The lowest BCUT2D eigenvalue weighted by Crippen LogP contribution is -2.46. The molecular formula is C62H109NO5. The molecule has 0 aliphatic rings. The highest BCUT2D eigenvalue weighted by Gasteiger charge is 2.24. The Balaban J connectivity index is 4.69. The number of allylic oxidation sites excluding steroid dienone is 14. The first kappa shape index (κ1) is 65.0. The second-order valence-corrected chi connectivity index (χ2v) is 19.3. The Hall–Kier alpha value is -2.96. The Morgan fingerprint density at radius 1 is 0.426 bits per heavy atom. The van der Waals surface area contributed by atoms with Crippen LogP contribution < -0.4 is 5.32 Å². The van der Waals surface area contributed by atoms with E-state index < -0.39 is 18.2 Å². The summed E-state index contributed by atoms with van der Waals surface area (Å²) in [6, 6.07) is -0.726. The van der Waals surface area contributed by atoms with Crippen molar-refractivity contribution in [3.05, 3.63) is 85.1 Å². The lowest BCUT2D eigenvalue weighted by atomic mass is 10.0. The molecule has 3 unspecified atom stereocenters. The Bertz CT molecular complexity index is 1290. The van der Waals surface area contributed by atoms with E-state index in [0.29, 0.717) is 19.3 Å². The zero-order valence-corrected chi connectivity index (χ0v) is 44.7. The summed E-state index contributed by atoms with van der Waals surface area (Å²) >= 11 is 0. The molecule has 0 spiro atoms. The molecule has 0 saturated carbocycles. The second-order valence-electron chi connectivity index (χ2n) is 19.3. The van der Waals surface area contributed by atoms with Gasteiger partial charge in [0.05, 0.1) is 25.2 Å². The van der Waals surface area contributed by atoms with E-state index in [-0.39, 0.29) is 24.9 Å². The van der Waals surface area contributed by atoms with Crippen molar-refractivity contribution in [3.8, 4) is 0 Å². The van der Waals surface area contributed by atoms with Gasteiger partial charge in [0, 0.05) is 6.42 Å². The van der Waals surface area contributed by atoms with E-state index in [9.17, 15) is 19.8 Å². The van der Waals surface area contributed by atoms with Crippen LogP contribution >= 0.6 is 0 Å². The van der Waals surface area contributed by atoms with Gasteiger partial charge >= 0.3 is 5.97 Å². The third-order valence-electron chi connectivity index (χ3n) is 12.7. The lowest BCUT2D eigenvalue weighted by molar-refractivity contribution is -0.151. The monoisotopic (exact) mass is 948 g/mol. The highest BCUT2D eigenvalue weighted by Crippen LogP contribution is 2.17. The van der Waals surface area contributed by atoms with Crippen LogP contribution in [0.1, 0.15) is 271 Å². The first-order valence-electron chi connectivity index (χ1n) is 28.8. The van der Waals surface area contributed by atoms with Crippen molar-refractivity contribution in [2.45, 2.75) is 289 Å². The van der Waals surface area contributed by atoms with Crippen molar-refractivity contribution in [2.75, 3.05) is 6.61 Å². The Morgan fingerprint density at radius 2 is 0.765 bits per heavy atom. The van der Waals surface area contributed by atoms with Gasteiger partial charge in [0.2, 0.25) is 5.91 Å². The molecule has 0 rings (SSSR count). The maximum atomic E-state index is 13.3. The van der Waals surface area contributed by atoms with E-state index in [1.165, 1.54) is 135 Å². The summed E-state index contributed by atoms with van der Waals surface area (Å²) in [6.07, 6.45) is 72.1. The molecular weight excluding hydrogens is 839 g/mol. The molecule has 0 fully saturated rings. The normalized spacial score (nSPS) is 13.8. The van der Waals surface area contributed by atoms with Gasteiger partial charge < -0.3 is 20.3 Å². The molecule has 0 aliphatic carbocycles. The molecule has 6 heteroatoms. The highest BCUT2D eigenvalue weighted by molar-refractivity contribution is 5.77. The van der Waals surface area contributed by atoms with Gasteiger partial charge in [0.25, 0.3) is 0 Å². The topological polar surface area (TPSA) is 95.9 Å². The number of hydrogen-bond acceptors (Lipinski definition) is 5. The SMILES string of the molecule is CCCCC/C=C\C/C=C\C/C=C\C/C=C\CCCC(CC(=O)NC(CO)C(O)CCCCCCCCCCCCCCC)OC(=O)CCCCCCCC/C=C\C/C=C\C/C=C\CCCCC. The number of rotatable bonds is 51. The molecule has 0 aromatic heterocycles. The number of aliphatic hydroxyl groups excluding tert-OH is 2. The standard InChI is InChI=1S/C62H109NO5/c1-4-7-10-13-16-19-22-25-27-29-30-32-34-37-40-43-46-49-52-55-62(67)68-58(53-50-47-44-41-38-36-33-31-28-26-23-20-17-14-11-8-5-2)56-61(66)63-59(57-64)60(65)54-51-48-45-42-39-35-24-21-18-15-12-9-6-3/h16-17,19-20,25-28,30,32-33,36,41,44,58-60,64-65H,4-15,18,21-24,29,31,34-35,37-40,42-43,45-57H2,1-3H3,(H,63,66)/b19-16-,20-17-,27-25-,28-26-,32-30-,36-33-,44-41-. The van der Waals surface area contributed by atoms with E-state index in [1.807, 2.05) is 0 Å². The summed E-state index contributed by atoms with van der Waals surface area (Å²) in [5.74, 6) is -0.542. The van der Waals surface area contributed by atoms with Crippen LogP contribution in [-0.4, -0.2) is 46.9 Å². The molecule has 0 heterocycles. The van der Waals surface area contributed by atoms with Gasteiger partial charge in [-0.25, -0.2) is 0 Å². The molecule has 0 bridgehead atoms. The van der Waals surface area contributed by atoms with E-state index in [1.54, 1.807) is 0 Å². The lowest BCUT2D eigenvalue weighted by Gasteiger charge is -2.24. The Kier molecular flexibility index (Phi) is 52.6. The van der Waals surface area contributed by atoms with E-state index in [4.69, 9.17) is 4.74 Å². The second kappa shape index (κ2) is 55.0. The van der Waals surface area contributed by atoms with Crippen LogP contribution in [0.2, 0.25) is 0 Å². The molecule has 6 nitrogen and oxygen atoms in total. The van der Waals surface area contributed by atoms with Crippen molar-refractivity contribution >= 4 is 11.9 Å². The number of carbonyl (C=O) groups is 2. The van der Waals surface area contributed by atoms with Gasteiger partial charge in [-0.3, -0.25) is 9.59 Å². The number of amides is 1. The predicted molar refractivity (Wildman–Crippen MR) is 296 cm³/mol. The van der Waals surface area contributed by atoms with Crippen LogP contribution in [0.25, 0.3) is 0 Å². The minimum atomic E-state index is -0.809. The number of carbonyl (C=O) groups excluding carboxylic acids is 2. The smallest absolute Gasteiger partial charge is 0.306 e. The van der Waals surface area contributed by atoms with E-state index in [0.717, 1.165) is 89.9 Å². The molecule has 0 saturated heterocycles. The molecule has 0 aliphatic heterocycles. The molecule has 0 aromatic rings. The predicted octanol–water partition coefficient (Wildman–Crippen LogP) is 17.9. The number of unbranched alkanes of at least 4 members (excludes halogenated alkanes) is 25. The Labute approximate surface area is 421 Å². The fraction of sp³-hybridized carbons (Fsp3) is 0.742. The minimum Gasteiger partial charge on any atom is -0.462 e. The zero-order chi connectivity index (χ0) is 49.5. The maximum absolute atomic E-state index is 13.3. The van der Waals surface area contributed by atoms with Crippen LogP contribution in [0.5, 0.6) is 0 Å². The molecule has 392 valence electrons. The Morgan fingerprint density at radius 3 is 1.19 bits per heavy atom. The van der Waals surface area contributed by atoms with Gasteiger partial charge in [-0.05, 0) is 103 Å². The third kappa shape index (κ3) is 49.5. The van der Waals surface area contributed by atoms with Crippen LogP contribution in [0, 0.1) is 0 Å². The highest BCUT2D eigenvalue weighted by atomic mass is 16.5. The molecule has 0 aromatic carbocycles. The van der Waals surface area contributed by atoms with Crippen molar-refractivity contribution in [2.24, 2.45) is 0 Å². The van der Waals surface area contributed by atoms with Gasteiger partial charge in [0.15, 0.2) is 0 Å². The molecule has 3 N–H and O–H groups in total. The largest absolute Gasteiger partial charge is 0.462 e. The quantitative estimate of drug-likeness (QED) is 0.0321.